The van der Waals surface area contributed by atoms with Gasteiger partial charge in [0.25, 0.3) is 0 Å². The number of hydrogen-bond acceptors (Lipinski definition) is 4. The molecule has 0 radical (unpaired) electrons. The van der Waals surface area contributed by atoms with Gasteiger partial charge in [-0.2, -0.15) is 11.8 Å². The van der Waals surface area contributed by atoms with Crippen LogP contribution < -0.4 is 11.3 Å². The third-order valence-electron chi connectivity index (χ3n) is 3.19. The molecule has 1 rings (SSSR count). The summed E-state index contributed by atoms with van der Waals surface area (Å²) >= 11 is 1.82. The van der Waals surface area contributed by atoms with Crippen molar-refractivity contribution in [2.24, 2.45) is 11.8 Å². The van der Waals surface area contributed by atoms with Crippen LogP contribution >= 0.6 is 11.8 Å². The second kappa shape index (κ2) is 4.62. The van der Waals surface area contributed by atoms with Crippen LogP contribution in [-0.4, -0.2) is 29.3 Å². The molecule has 2 unspecified atom stereocenters. The molecule has 15 heavy (non-hydrogen) atoms. The van der Waals surface area contributed by atoms with E-state index in [1.807, 2.05) is 11.8 Å². The summed E-state index contributed by atoms with van der Waals surface area (Å²) in [5.74, 6) is 7.14. The van der Waals surface area contributed by atoms with E-state index in [2.05, 4.69) is 39.4 Å². The summed E-state index contributed by atoms with van der Waals surface area (Å²) in [7, 11) is 0. The lowest BCUT2D eigenvalue weighted by Gasteiger charge is -2.32. The number of thioether (sulfide) groups is 1. The van der Waals surface area contributed by atoms with E-state index in [0.717, 1.165) is 12.2 Å². The smallest absolute Gasteiger partial charge is 0.0678 e. The zero-order chi connectivity index (χ0) is 11.7. The molecule has 0 aromatic heterocycles. The Hall–Kier alpha value is 0.230. The lowest BCUT2D eigenvalue weighted by Crippen LogP contribution is -2.48. The Morgan fingerprint density at radius 2 is 2.07 bits per heavy atom. The van der Waals surface area contributed by atoms with E-state index in [9.17, 15) is 0 Å². The highest BCUT2D eigenvalue weighted by Crippen LogP contribution is 2.43. The highest BCUT2D eigenvalue weighted by atomic mass is 32.2. The van der Waals surface area contributed by atoms with E-state index in [1.165, 1.54) is 0 Å². The van der Waals surface area contributed by atoms with Crippen LogP contribution in [0, 0.1) is 5.92 Å². The molecular weight excluding hydrogens is 208 g/mol. The topological polar surface area (TPSA) is 47.3 Å². The Bertz CT molecular complexity index is 219. The van der Waals surface area contributed by atoms with Gasteiger partial charge in [-0.05, 0) is 40.4 Å². The summed E-state index contributed by atoms with van der Waals surface area (Å²) in [5, 5.41) is 0. The maximum absolute atomic E-state index is 6.07. The Kier molecular flexibility index (Phi) is 4.09. The molecule has 0 spiro atoms. The third kappa shape index (κ3) is 3.09. The van der Waals surface area contributed by atoms with E-state index in [0.29, 0.717) is 12.0 Å². The van der Waals surface area contributed by atoms with Crippen LogP contribution in [0.4, 0.5) is 0 Å². The summed E-state index contributed by atoms with van der Waals surface area (Å²) in [6.45, 7) is 8.64. The van der Waals surface area contributed by atoms with Gasteiger partial charge in [0, 0.05) is 17.7 Å². The average molecular weight is 232 g/mol. The van der Waals surface area contributed by atoms with Gasteiger partial charge in [0.2, 0.25) is 0 Å². The zero-order valence-corrected chi connectivity index (χ0v) is 11.3. The molecule has 1 heterocycles. The molecule has 0 aliphatic carbocycles. The first kappa shape index (κ1) is 13.3. The van der Waals surface area contributed by atoms with Gasteiger partial charge < -0.3 is 4.74 Å². The van der Waals surface area contributed by atoms with Gasteiger partial charge in [-0.15, -0.1) is 0 Å². The first-order chi connectivity index (χ1) is 6.82. The van der Waals surface area contributed by atoms with Crippen molar-refractivity contribution >= 4 is 11.8 Å². The van der Waals surface area contributed by atoms with Gasteiger partial charge in [-0.25, -0.2) is 0 Å². The minimum absolute atomic E-state index is 0.0261. The van der Waals surface area contributed by atoms with Gasteiger partial charge in [0.15, 0.2) is 0 Å². The van der Waals surface area contributed by atoms with Crippen molar-refractivity contribution in [1.29, 1.82) is 0 Å². The lowest BCUT2D eigenvalue weighted by atomic mass is 9.82. The van der Waals surface area contributed by atoms with Crippen LogP contribution in [0.2, 0.25) is 0 Å². The van der Waals surface area contributed by atoms with Crippen molar-refractivity contribution in [3.63, 3.8) is 0 Å². The first-order valence-corrected chi connectivity index (χ1v) is 6.87. The van der Waals surface area contributed by atoms with Crippen molar-refractivity contribution in [3.8, 4) is 0 Å². The SMILES string of the molecule is CSCC(NN)C1CC(C)(C)OC1(C)C. The predicted molar refractivity (Wildman–Crippen MR) is 66.8 cm³/mol. The van der Waals surface area contributed by atoms with E-state index in [1.54, 1.807) is 0 Å². The first-order valence-electron chi connectivity index (χ1n) is 5.47. The minimum atomic E-state index is -0.0870. The number of rotatable bonds is 4. The summed E-state index contributed by atoms with van der Waals surface area (Å²) in [6, 6.07) is 0.330. The van der Waals surface area contributed by atoms with E-state index in [4.69, 9.17) is 10.6 Å². The molecule has 1 aliphatic heterocycles. The van der Waals surface area contributed by atoms with Crippen molar-refractivity contribution in [2.45, 2.75) is 51.4 Å². The Labute approximate surface area is 97.5 Å². The molecule has 4 heteroatoms. The van der Waals surface area contributed by atoms with Gasteiger partial charge in [0.1, 0.15) is 0 Å². The average Bonchev–Trinajstić information content (AvgIpc) is 2.30. The maximum atomic E-state index is 6.07. The van der Waals surface area contributed by atoms with Gasteiger partial charge >= 0.3 is 0 Å². The fourth-order valence-electron chi connectivity index (χ4n) is 2.69. The summed E-state index contributed by atoms with van der Waals surface area (Å²) in [5.41, 5.74) is 2.82. The molecule has 0 saturated carbocycles. The molecule has 1 aliphatic rings. The summed E-state index contributed by atoms with van der Waals surface area (Å²) < 4.78 is 6.07. The third-order valence-corrected chi connectivity index (χ3v) is 3.88. The second-order valence-corrected chi connectivity index (χ2v) is 6.42. The Balaban J connectivity index is 2.75. The number of nitrogens with two attached hydrogens (primary N) is 1. The van der Waals surface area contributed by atoms with Crippen LogP contribution in [0.1, 0.15) is 34.1 Å². The molecule has 3 N–H and O–H groups in total. The van der Waals surface area contributed by atoms with Crippen LogP contribution in [0.25, 0.3) is 0 Å². The molecule has 2 atom stereocenters. The van der Waals surface area contributed by atoms with E-state index >= 15 is 0 Å². The molecule has 3 nitrogen and oxygen atoms in total. The molecular formula is C11H24N2OS. The molecule has 1 fully saturated rings. The molecule has 0 amide bonds. The number of hydrogen-bond donors (Lipinski definition) is 2. The van der Waals surface area contributed by atoms with Crippen molar-refractivity contribution in [1.82, 2.24) is 5.43 Å². The summed E-state index contributed by atoms with van der Waals surface area (Å²) in [6.07, 6.45) is 3.17. The van der Waals surface area contributed by atoms with Crippen molar-refractivity contribution < 1.29 is 4.74 Å². The van der Waals surface area contributed by atoms with Gasteiger partial charge in [-0.3, -0.25) is 11.3 Å². The van der Waals surface area contributed by atoms with E-state index < -0.39 is 0 Å². The molecule has 0 bridgehead atoms. The van der Waals surface area contributed by atoms with Crippen LogP contribution in [0.3, 0.4) is 0 Å². The highest BCUT2D eigenvalue weighted by Gasteiger charge is 2.48. The highest BCUT2D eigenvalue weighted by molar-refractivity contribution is 7.98. The number of nitrogens with one attached hydrogen (secondary N) is 1. The largest absolute Gasteiger partial charge is 0.369 e. The molecule has 0 aromatic carbocycles. The number of ether oxygens (including phenoxy) is 1. The molecule has 90 valence electrons. The molecule has 0 aromatic rings. The van der Waals surface area contributed by atoms with Crippen LogP contribution in [0.5, 0.6) is 0 Å². The monoisotopic (exact) mass is 232 g/mol. The van der Waals surface area contributed by atoms with Crippen LogP contribution in [0.15, 0.2) is 0 Å². The maximum Gasteiger partial charge on any atom is 0.0678 e. The Morgan fingerprint density at radius 3 is 2.40 bits per heavy atom. The minimum Gasteiger partial charge on any atom is -0.369 e. The number of hydrazine groups is 1. The fraction of sp³-hybridized carbons (Fsp3) is 1.00. The second-order valence-electron chi connectivity index (χ2n) is 5.50. The van der Waals surface area contributed by atoms with Crippen molar-refractivity contribution in [2.75, 3.05) is 12.0 Å². The zero-order valence-electron chi connectivity index (χ0n) is 10.5. The van der Waals surface area contributed by atoms with Crippen molar-refractivity contribution in [3.05, 3.63) is 0 Å². The van der Waals surface area contributed by atoms with Gasteiger partial charge in [0.05, 0.1) is 11.2 Å². The normalized spacial score (nSPS) is 30.4. The van der Waals surface area contributed by atoms with E-state index in [-0.39, 0.29) is 11.2 Å². The molecule has 1 saturated heterocycles. The van der Waals surface area contributed by atoms with Crippen LogP contribution in [-0.2, 0) is 4.74 Å². The quantitative estimate of drug-likeness (QED) is 0.573. The Morgan fingerprint density at radius 1 is 1.47 bits per heavy atom. The fourth-order valence-corrected chi connectivity index (χ4v) is 3.38. The predicted octanol–water partition coefficient (Wildman–Crippen LogP) is 1.77. The standard InChI is InChI=1S/C11H24N2OS/c1-10(2)6-8(11(3,4)14-10)9(13-12)7-15-5/h8-9,13H,6-7,12H2,1-5H3. The summed E-state index contributed by atoms with van der Waals surface area (Å²) in [4.78, 5) is 0. The lowest BCUT2D eigenvalue weighted by molar-refractivity contribution is -0.0769. The van der Waals surface area contributed by atoms with Gasteiger partial charge in [-0.1, -0.05) is 0 Å².